The minimum Gasteiger partial charge on any atom is -0.306 e. The van der Waals surface area contributed by atoms with Crippen molar-refractivity contribution in [2.75, 3.05) is 0 Å². The largest absolute Gasteiger partial charge is 0.306 e. The van der Waals surface area contributed by atoms with E-state index in [-0.39, 0.29) is 0 Å². The first kappa shape index (κ1) is 29.7. The second-order valence-corrected chi connectivity index (χ2v) is 12.8. The van der Waals surface area contributed by atoms with Crippen molar-refractivity contribution in [2.45, 2.75) is 0 Å². The van der Waals surface area contributed by atoms with Crippen molar-refractivity contribution in [3.63, 3.8) is 0 Å². The Balaban J connectivity index is 1.19. The third kappa shape index (κ3) is 5.22. The smallest absolute Gasteiger partial charge is 0.238 e. The van der Waals surface area contributed by atoms with Crippen LogP contribution in [0.1, 0.15) is 0 Å². The molecule has 0 fully saturated rings. The normalized spacial score (nSPS) is 11.5. The molecule has 52 heavy (non-hydrogen) atoms. The third-order valence-electron chi connectivity index (χ3n) is 9.64. The molecule has 10 aromatic rings. The first-order chi connectivity index (χ1) is 25.7. The van der Waals surface area contributed by atoms with Crippen LogP contribution in [-0.2, 0) is 0 Å². The van der Waals surface area contributed by atoms with Gasteiger partial charge in [-0.3, -0.25) is 4.57 Å². The van der Waals surface area contributed by atoms with E-state index in [1.54, 1.807) is 0 Å². The van der Waals surface area contributed by atoms with Gasteiger partial charge in [0.2, 0.25) is 5.95 Å². The minimum absolute atomic E-state index is 0.551. The highest BCUT2D eigenvalue weighted by Gasteiger charge is 2.19. The summed E-state index contributed by atoms with van der Waals surface area (Å²) in [6.07, 6.45) is 4.09. The number of para-hydroxylation sites is 1. The summed E-state index contributed by atoms with van der Waals surface area (Å²) in [7, 11) is 0. The molecule has 6 heteroatoms. The molecule has 0 aliphatic rings. The summed E-state index contributed by atoms with van der Waals surface area (Å²) < 4.78 is 4.21. The molecule has 244 valence electrons. The first-order valence-corrected chi connectivity index (χ1v) is 17.3. The van der Waals surface area contributed by atoms with Crippen LogP contribution in [0.25, 0.3) is 89.7 Å². The van der Waals surface area contributed by atoms with E-state index in [1.807, 2.05) is 40.9 Å². The second kappa shape index (κ2) is 12.3. The first-order valence-electron chi connectivity index (χ1n) is 17.3. The fourth-order valence-corrected chi connectivity index (χ4v) is 7.05. The maximum atomic E-state index is 5.23. The van der Waals surface area contributed by atoms with Crippen molar-refractivity contribution in [1.29, 1.82) is 0 Å². The second-order valence-electron chi connectivity index (χ2n) is 12.8. The van der Waals surface area contributed by atoms with Crippen molar-refractivity contribution in [3.8, 4) is 62.2 Å². The summed E-state index contributed by atoms with van der Waals surface area (Å²) >= 11 is 0. The molecule has 10 rings (SSSR count). The van der Waals surface area contributed by atoms with E-state index in [0.717, 1.165) is 72.1 Å². The number of rotatable bonds is 6. The van der Waals surface area contributed by atoms with E-state index in [2.05, 4.69) is 150 Å². The lowest BCUT2D eigenvalue weighted by Gasteiger charge is -2.12. The molecule has 0 aliphatic heterocycles. The zero-order chi connectivity index (χ0) is 34.4. The van der Waals surface area contributed by atoms with Crippen molar-refractivity contribution >= 4 is 27.5 Å². The predicted molar refractivity (Wildman–Crippen MR) is 210 cm³/mol. The van der Waals surface area contributed by atoms with Gasteiger partial charge in [0.15, 0.2) is 11.6 Å². The lowest BCUT2D eigenvalue weighted by molar-refractivity contribution is 0.953. The SMILES string of the molecule is c1ccc(-c2ccc(-c3nc(-c4cccc(-c5ccccc5)c4)nc(-n4c5ccccc5c5ccc(-c6cn7ccccc7n6)cc54)n3)cc2)cc1. The van der Waals surface area contributed by atoms with Crippen LogP contribution in [0.5, 0.6) is 0 Å². The molecule has 0 saturated heterocycles. The highest BCUT2D eigenvalue weighted by molar-refractivity contribution is 6.10. The topological polar surface area (TPSA) is 60.9 Å². The van der Waals surface area contributed by atoms with Gasteiger partial charge in [-0.05, 0) is 52.6 Å². The van der Waals surface area contributed by atoms with Crippen LogP contribution in [0.2, 0.25) is 0 Å². The Morgan fingerprint density at radius 2 is 0.962 bits per heavy atom. The van der Waals surface area contributed by atoms with Crippen LogP contribution in [0, 0.1) is 0 Å². The lowest BCUT2D eigenvalue weighted by Crippen LogP contribution is -2.06. The number of aromatic nitrogens is 6. The summed E-state index contributed by atoms with van der Waals surface area (Å²) in [4.78, 5) is 20.5. The van der Waals surface area contributed by atoms with E-state index >= 15 is 0 Å². The standard InChI is InChI=1S/C46H30N6/c1-3-12-31(13-4-1)33-21-23-34(24-22-33)44-48-45(37-17-11-16-35(28-37)32-14-5-2-6-15-32)50-46(49-44)52-41-19-8-7-18-38(41)39-26-25-36(29-42(39)52)40-30-51-27-10-9-20-43(51)47-40/h1-30H. The van der Waals surface area contributed by atoms with E-state index in [1.165, 1.54) is 0 Å². The molecule has 0 spiro atoms. The molecule has 0 aliphatic carbocycles. The highest BCUT2D eigenvalue weighted by Crippen LogP contribution is 2.35. The Kier molecular flexibility index (Phi) is 7.03. The van der Waals surface area contributed by atoms with Crippen LogP contribution in [-0.4, -0.2) is 28.9 Å². The van der Waals surface area contributed by atoms with Gasteiger partial charge in [0, 0.05) is 39.9 Å². The van der Waals surface area contributed by atoms with E-state index in [0.29, 0.717) is 17.6 Å². The number of benzene rings is 6. The van der Waals surface area contributed by atoms with Gasteiger partial charge < -0.3 is 4.40 Å². The molecular formula is C46H30N6. The van der Waals surface area contributed by atoms with Crippen molar-refractivity contribution in [1.82, 2.24) is 28.9 Å². The fourth-order valence-electron chi connectivity index (χ4n) is 7.05. The zero-order valence-corrected chi connectivity index (χ0v) is 28.0. The van der Waals surface area contributed by atoms with E-state index in [4.69, 9.17) is 19.9 Å². The summed E-state index contributed by atoms with van der Waals surface area (Å²) in [5.41, 5.74) is 11.2. The van der Waals surface area contributed by atoms with Gasteiger partial charge in [-0.25, -0.2) is 9.97 Å². The van der Waals surface area contributed by atoms with Crippen LogP contribution in [0.4, 0.5) is 0 Å². The van der Waals surface area contributed by atoms with Gasteiger partial charge in [-0.15, -0.1) is 0 Å². The number of hydrogen-bond acceptors (Lipinski definition) is 4. The Hall–Kier alpha value is -7.18. The summed E-state index contributed by atoms with van der Waals surface area (Å²) in [6, 6.07) is 58.7. The highest BCUT2D eigenvalue weighted by atomic mass is 15.2. The third-order valence-corrected chi connectivity index (χ3v) is 9.64. The van der Waals surface area contributed by atoms with Gasteiger partial charge in [0.25, 0.3) is 0 Å². The monoisotopic (exact) mass is 666 g/mol. The molecule has 0 radical (unpaired) electrons. The van der Waals surface area contributed by atoms with Gasteiger partial charge in [-0.1, -0.05) is 140 Å². The molecule has 6 aromatic carbocycles. The molecule has 0 amide bonds. The number of nitrogens with zero attached hydrogens (tertiary/aromatic N) is 6. The van der Waals surface area contributed by atoms with Crippen molar-refractivity contribution < 1.29 is 0 Å². The Labute approximate surface area is 300 Å². The Morgan fingerprint density at radius 3 is 1.75 bits per heavy atom. The average Bonchev–Trinajstić information content (AvgIpc) is 3.81. The molecule has 0 bridgehead atoms. The summed E-state index contributed by atoms with van der Waals surface area (Å²) in [6.45, 7) is 0. The van der Waals surface area contributed by atoms with E-state index in [9.17, 15) is 0 Å². The van der Waals surface area contributed by atoms with Gasteiger partial charge >= 0.3 is 0 Å². The number of fused-ring (bicyclic) bond motifs is 4. The van der Waals surface area contributed by atoms with Crippen LogP contribution in [0.3, 0.4) is 0 Å². The molecule has 6 nitrogen and oxygen atoms in total. The van der Waals surface area contributed by atoms with Crippen LogP contribution >= 0.6 is 0 Å². The summed E-state index contributed by atoms with van der Waals surface area (Å²) in [5, 5.41) is 2.24. The molecule has 0 unspecified atom stereocenters. The predicted octanol–water partition coefficient (Wildman–Crippen LogP) is 11.0. The fraction of sp³-hybridized carbons (Fsp3) is 0. The Bertz CT molecular complexity index is 2860. The average molecular weight is 667 g/mol. The molecule has 4 heterocycles. The maximum Gasteiger partial charge on any atom is 0.238 e. The summed E-state index contributed by atoms with van der Waals surface area (Å²) in [5.74, 6) is 1.76. The van der Waals surface area contributed by atoms with Crippen molar-refractivity contribution in [2.24, 2.45) is 0 Å². The molecule has 0 saturated carbocycles. The molecular weight excluding hydrogens is 637 g/mol. The number of pyridine rings is 1. The van der Waals surface area contributed by atoms with Crippen molar-refractivity contribution in [3.05, 3.63) is 182 Å². The van der Waals surface area contributed by atoms with Crippen LogP contribution < -0.4 is 0 Å². The number of hydrogen-bond donors (Lipinski definition) is 0. The minimum atomic E-state index is 0.551. The zero-order valence-electron chi connectivity index (χ0n) is 28.0. The molecule has 0 atom stereocenters. The molecule has 4 aromatic heterocycles. The van der Waals surface area contributed by atoms with Gasteiger partial charge in [-0.2, -0.15) is 9.97 Å². The quantitative estimate of drug-likeness (QED) is 0.177. The van der Waals surface area contributed by atoms with Crippen LogP contribution in [0.15, 0.2) is 182 Å². The lowest BCUT2D eigenvalue weighted by atomic mass is 10.0. The van der Waals surface area contributed by atoms with Gasteiger partial charge in [0.1, 0.15) is 5.65 Å². The van der Waals surface area contributed by atoms with Gasteiger partial charge in [0.05, 0.1) is 16.7 Å². The van der Waals surface area contributed by atoms with E-state index < -0.39 is 0 Å². The Morgan fingerprint density at radius 1 is 0.365 bits per heavy atom. The maximum absolute atomic E-state index is 5.23. The number of imidazole rings is 1. The molecule has 0 N–H and O–H groups in total.